The van der Waals surface area contributed by atoms with Gasteiger partial charge in [0.05, 0.1) is 16.2 Å². The van der Waals surface area contributed by atoms with Crippen molar-refractivity contribution in [1.29, 1.82) is 0 Å². The summed E-state index contributed by atoms with van der Waals surface area (Å²) in [6, 6.07) is 15.6. The molecule has 39 heavy (non-hydrogen) atoms. The molecule has 0 amide bonds. The van der Waals surface area contributed by atoms with Gasteiger partial charge in [-0.1, -0.05) is 36.2 Å². The van der Waals surface area contributed by atoms with E-state index in [-0.39, 0.29) is 29.5 Å². The van der Waals surface area contributed by atoms with Gasteiger partial charge in [0.2, 0.25) is 5.60 Å². The van der Waals surface area contributed by atoms with Crippen LogP contribution in [0.5, 0.6) is 23.0 Å². The highest BCUT2D eigenvalue weighted by molar-refractivity contribution is 6.32. The molecule has 0 saturated heterocycles. The Hall–Kier alpha value is -3.56. The minimum atomic E-state index is -4.86. The Balaban J connectivity index is 1.79. The maximum absolute atomic E-state index is 13.0. The second-order valence-corrected chi connectivity index (χ2v) is 9.88. The lowest BCUT2D eigenvalue weighted by molar-refractivity contribution is -0.274. The van der Waals surface area contributed by atoms with Gasteiger partial charge in [0.25, 0.3) is 0 Å². The van der Waals surface area contributed by atoms with E-state index in [0.29, 0.717) is 38.7 Å². The van der Waals surface area contributed by atoms with Crippen LogP contribution in [-0.2, 0) is 11.3 Å². The van der Waals surface area contributed by atoms with Crippen molar-refractivity contribution in [2.75, 3.05) is 0 Å². The first-order chi connectivity index (χ1) is 18.3. The van der Waals surface area contributed by atoms with Gasteiger partial charge in [0.15, 0.2) is 5.75 Å². The summed E-state index contributed by atoms with van der Waals surface area (Å²) >= 11 is 12.3. The highest BCUT2D eigenvalue weighted by Gasteiger charge is 2.34. The normalized spacial score (nSPS) is 13.2. The molecule has 0 spiro atoms. The van der Waals surface area contributed by atoms with Crippen LogP contribution in [0.25, 0.3) is 10.9 Å². The van der Waals surface area contributed by atoms with Crippen LogP contribution in [0.2, 0.25) is 10.0 Å². The molecule has 4 aromatic rings. The highest BCUT2D eigenvalue weighted by atomic mass is 35.5. The molecule has 3 aromatic carbocycles. The number of aromatic nitrogens is 1. The number of rotatable bonds is 9. The van der Waals surface area contributed by atoms with E-state index in [2.05, 4.69) is 4.74 Å². The van der Waals surface area contributed by atoms with Crippen molar-refractivity contribution in [2.45, 2.75) is 45.7 Å². The molecular formula is C28H24Cl2F3NO5. The number of carbonyl (C=O) groups is 1. The third-order valence-corrected chi connectivity index (χ3v) is 6.87. The summed E-state index contributed by atoms with van der Waals surface area (Å²) < 4.78 is 56.7. The molecule has 0 aliphatic heterocycles. The van der Waals surface area contributed by atoms with Gasteiger partial charge in [-0.25, -0.2) is 4.79 Å². The predicted molar refractivity (Wildman–Crippen MR) is 142 cm³/mol. The van der Waals surface area contributed by atoms with E-state index in [1.807, 2.05) is 0 Å². The first-order valence-electron chi connectivity index (χ1n) is 11.8. The van der Waals surface area contributed by atoms with Crippen LogP contribution < -0.4 is 14.2 Å². The van der Waals surface area contributed by atoms with Crippen molar-refractivity contribution in [3.63, 3.8) is 0 Å². The van der Waals surface area contributed by atoms with E-state index >= 15 is 0 Å². The van der Waals surface area contributed by atoms with Crippen LogP contribution in [0.3, 0.4) is 0 Å². The Labute approximate surface area is 232 Å². The Kier molecular flexibility index (Phi) is 7.95. The van der Waals surface area contributed by atoms with E-state index in [0.717, 1.165) is 0 Å². The molecule has 1 heterocycles. The molecule has 206 valence electrons. The smallest absolute Gasteiger partial charge is 0.478 e. The van der Waals surface area contributed by atoms with Gasteiger partial charge in [-0.05, 0) is 74.4 Å². The summed E-state index contributed by atoms with van der Waals surface area (Å²) in [4.78, 5) is 11.8. The summed E-state index contributed by atoms with van der Waals surface area (Å²) in [7, 11) is 0. The second-order valence-electron chi connectivity index (χ2n) is 9.04. The molecule has 1 N–H and O–H groups in total. The molecule has 0 saturated carbocycles. The third-order valence-electron chi connectivity index (χ3n) is 6.30. The number of hydrogen-bond acceptors (Lipinski definition) is 4. The molecule has 0 radical (unpaired) electrons. The number of nitrogens with zero attached hydrogens (tertiary/aromatic N) is 1. The van der Waals surface area contributed by atoms with Crippen molar-refractivity contribution in [1.82, 2.24) is 4.57 Å². The molecule has 6 nitrogen and oxygen atoms in total. The number of ether oxygens (including phenoxy) is 3. The van der Waals surface area contributed by atoms with E-state index < -0.39 is 17.9 Å². The third kappa shape index (κ3) is 6.37. The average Bonchev–Trinajstić information content (AvgIpc) is 3.11. The van der Waals surface area contributed by atoms with Crippen molar-refractivity contribution in [2.24, 2.45) is 0 Å². The van der Waals surface area contributed by atoms with Gasteiger partial charge >= 0.3 is 12.3 Å². The Morgan fingerprint density at radius 3 is 2.26 bits per heavy atom. The van der Waals surface area contributed by atoms with Crippen LogP contribution in [-0.4, -0.2) is 27.6 Å². The van der Waals surface area contributed by atoms with Crippen molar-refractivity contribution < 1.29 is 37.3 Å². The van der Waals surface area contributed by atoms with E-state index in [9.17, 15) is 23.1 Å². The largest absolute Gasteiger partial charge is 0.573 e. The van der Waals surface area contributed by atoms with Crippen LogP contribution in [0.15, 0.2) is 60.7 Å². The van der Waals surface area contributed by atoms with Crippen LogP contribution in [0.4, 0.5) is 13.2 Å². The Morgan fingerprint density at radius 2 is 1.64 bits per heavy atom. The zero-order valence-corrected chi connectivity index (χ0v) is 22.6. The SMILES string of the molecule is CCC(C)(Oc1cc(Cn2c(C)c(Oc3ccc(Cl)cc3)c3ccc(OC(F)(F)F)cc32)ccc1Cl)C(=O)O. The molecule has 1 atom stereocenters. The average molecular weight is 582 g/mol. The Bertz CT molecular complexity index is 1520. The lowest BCUT2D eigenvalue weighted by atomic mass is 10.0. The highest BCUT2D eigenvalue weighted by Crippen LogP contribution is 2.40. The summed E-state index contributed by atoms with van der Waals surface area (Å²) in [6.45, 7) is 5.10. The molecule has 1 aromatic heterocycles. The minimum absolute atomic E-state index is 0.175. The second kappa shape index (κ2) is 10.9. The number of carboxylic acids is 1. The standard InChI is InChI=1S/C28H24Cl2F3NO5/c1-4-27(3,26(35)36)39-24-13-17(5-12-22(24)30)15-34-16(2)25(37-19-8-6-18(29)7-9-19)21-11-10-20(14-23(21)34)38-28(31,32)33/h5-14H,4,15H2,1-3H3,(H,35,36). The van der Waals surface area contributed by atoms with E-state index in [4.69, 9.17) is 32.7 Å². The first-order valence-corrected chi connectivity index (χ1v) is 12.6. The number of aliphatic carboxylic acids is 1. The fourth-order valence-corrected chi connectivity index (χ4v) is 4.27. The van der Waals surface area contributed by atoms with Crippen LogP contribution >= 0.6 is 23.2 Å². The quantitative estimate of drug-likeness (QED) is 0.214. The van der Waals surface area contributed by atoms with Gasteiger partial charge < -0.3 is 23.9 Å². The number of alkyl halides is 3. The fourth-order valence-electron chi connectivity index (χ4n) is 3.99. The van der Waals surface area contributed by atoms with E-state index in [1.165, 1.54) is 25.1 Å². The van der Waals surface area contributed by atoms with Gasteiger partial charge in [-0.2, -0.15) is 0 Å². The van der Waals surface area contributed by atoms with Gasteiger partial charge in [-0.3, -0.25) is 0 Å². The van der Waals surface area contributed by atoms with E-state index in [1.54, 1.807) is 60.9 Å². The van der Waals surface area contributed by atoms with Gasteiger partial charge in [-0.15, -0.1) is 13.2 Å². The molecule has 4 rings (SSSR count). The van der Waals surface area contributed by atoms with Crippen molar-refractivity contribution in [3.05, 3.63) is 82.0 Å². The molecule has 0 aliphatic carbocycles. The lowest BCUT2D eigenvalue weighted by Crippen LogP contribution is -2.40. The number of halogens is 5. The zero-order valence-electron chi connectivity index (χ0n) is 21.1. The summed E-state index contributed by atoms with van der Waals surface area (Å²) in [5, 5.41) is 10.9. The summed E-state index contributed by atoms with van der Waals surface area (Å²) in [5.41, 5.74) is 0.227. The molecule has 0 fully saturated rings. The molecule has 1 unspecified atom stereocenters. The maximum Gasteiger partial charge on any atom is 0.573 e. The van der Waals surface area contributed by atoms with Crippen LogP contribution in [0, 0.1) is 6.92 Å². The number of fused-ring (bicyclic) bond motifs is 1. The number of carboxylic acid groups (broad SMARTS) is 1. The van der Waals surface area contributed by atoms with Crippen molar-refractivity contribution in [3.8, 4) is 23.0 Å². The van der Waals surface area contributed by atoms with Crippen molar-refractivity contribution >= 4 is 40.1 Å². The fraction of sp³-hybridized carbons (Fsp3) is 0.250. The first kappa shape index (κ1) is 28.4. The summed E-state index contributed by atoms with van der Waals surface area (Å²) in [6.07, 6.45) is -4.67. The van der Waals surface area contributed by atoms with Crippen LogP contribution in [0.1, 0.15) is 31.5 Å². The van der Waals surface area contributed by atoms with Gasteiger partial charge in [0.1, 0.15) is 17.2 Å². The maximum atomic E-state index is 13.0. The monoisotopic (exact) mass is 581 g/mol. The Morgan fingerprint density at radius 1 is 0.974 bits per heavy atom. The molecule has 0 bridgehead atoms. The zero-order chi connectivity index (χ0) is 28.5. The lowest BCUT2D eigenvalue weighted by Gasteiger charge is -2.25. The summed E-state index contributed by atoms with van der Waals surface area (Å²) in [5.74, 6) is -0.409. The predicted octanol–water partition coefficient (Wildman–Crippen LogP) is 8.63. The molecular weight excluding hydrogens is 558 g/mol. The number of benzene rings is 3. The topological polar surface area (TPSA) is 69.9 Å². The molecule has 11 heteroatoms. The minimum Gasteiger partial charge on any atom is -0.478 e. The van der Waals surface area contributed by atoms with Gasteiger partial charge in [0, 0.05) is 23.0 Å². The molecule has 0 aliphatic rings. The number of hydrogen-bond donors (Lipinski definition) is 1.